The SMILES string of the molecule is Cc1cccc(/C(Cl)=N\O)c1. The van der Waals surface area contributed by atoms with Crippen LogP contribution in [0.4, 0.5) is 0 Å². The largest absolute Gasteiger partial charge is 0.410 e. The molecule has 0 heterocycles. The Morgan fingerprint density at radius 3 is 2.82 bits per heavy atom. The van der Waals surface area contributed by atoms with Crippen molar-refractivity contribution in [3.8, 4) is 0 Å². The summed E-state index contributed by atoms with van der Waals surface area (Å²) in [6.07, 6.45) is 0. The quantitative estimate of drug-likeness (QED) is 0.391. The zero-order chi connectivity index (χ0) is 8.27. The van der Waals surface area contributed by atoms with Crippen molar-refractivity contribution in [3.63, 3.8) is 0 Å². The minimum absolute atomic E-state index is 0.119. The average Bonchev–Trinajstić information content (AvgIpc) is 2.03. The molecule has 0 aliphatic carbocycles. The van der Waals surface area contributed by atoms with Gasteiger partial charge in [0.25, 0.3) is 0 Å². The van der Waals surface area contributed by atoms with Crippen molar-refractivity contribution in [2.24, 2.45) is 5.16 Å². The number of nitrogens with zero attached hydrogens (tertiary/aromatic N) is 1. The summed E-state index contributed by atoms with van der Waals surface area (Å²) in [5.74, 6) is 0. The summed E-state index contributed by atoms with van der Waals surface area (Å²) >= 11 is 5.56. The zero-order valence-electron chi connectivity index (χ0n) is 6.08. The summed E-state index contributed by atoms with van der Waals surface area (Å²) in [4.78, 5) is 0. The second kappa shape index (κ2) is 3.39. The first-order valence-electron chi connectivity index (χ1n) is 3.18. The summed E-state index contributed by atoms with van der Waals surface area (Å²) in [5.41, 5.74) is 1.82. The molecule has 2 nitrogen and oxygen atoms in total. The number of hydrogen-bond acceptors (Lipinski definition) is 2. The molecule has 1 aromatic rings. The molecule has 1 N–H and O–H groups in total. The normalized spacial score (nSPS) is 11.6. The average molecular weight is 170 g/mol. The number of rotatable bonds is 1. The molecule has 3 heteroatoms. The van der Waals surface area contributed by atoms with E-state index in [9.17, 15) is 0 Å². The molecule has 0 aliphatic rings. The first-order chi connectivity index (χ1) is 5.24. The van der Waals surface area contributed by atoms with Crippen LogP contribution in [0.2, 0.25) is 0 Å². The van der Waals surface area contributed by atoms with Crippen molar-refractivity contribution in [1.82, 2.24) is 0 Å². The molecule has 0 unspecified atom stereocenters. The molecule has 0 aliphatic heterocycles. The Morgan fingerprint density at radius 1 is 1.55 bits per heavy atom. The lowest BCUT2D eigenvalue weighted by Gasteiger charge is -1.96. The lowest BCUT2D eigenvalue weighted by Crippen LogP contribution is -1.90. The van der Waals surface area contributed by atoms with E-state index in [1.54, 1.807) is 6.07 Å². The predicted molar refractivity (Wildman–Crippen MR) is 45.4 cm³/mol. The van der Waals surface area contributed by atoms with E-state index in [2.05, 4.69) is 5.16 Å². The number of hydrogen-bond donors (Lipinski definition) is 1. The van der Waals surface area contributed by atoms with Crippen LogP contribution in [0.3, 0.4) is 0 Å². The van der Waals surface area contributed by atoms with Crippen molar-refractivity contribution in [1.29, 1.82) is 0 Å². The van der Waals surface area contributed by atoms with Gasteiger partial charge in [-0.1, -0.05) is 40.5 Å². The molecular weight excluding hydrogens is 162 g/mol. The minimum atomic E-state index is 0.119. The Hall–Kier alpha value is -1.02. The van der Waals surface area contributed by atoms with Crippen LogP contribution >= 0.6 is 11.6 Å². The van der Waals surface area contributed by atoms with Gasteiger partial charge in [0.2, 0.25) is 0 Å². The molecule has 0 saturated carbocycles. The lowest BCUT2D eigenvalue weighted by molar-refractivity contribution is 0.321. The van der Waals surface area contributed by atoms with Crippen LogP contribution in [-0.4, -0.2) is 10.4 Å². The zero-order valence-corrected chi connectivity index (χ0v) is 6.84. The van der Waals surface area contributed by atoms with Gasteiger partial charge < -0.3 is 5.21 Å². The van der Waals surface area contributed by atoms with Gasteiger partial charge in [-0.3, -0.25) is 0 Å². The number of aryl methyl sites for hydroxylation is 1. The van der Waals surface area contributed by atoms with Crippen molar-refractivity contribution in [3.05, 3.63) is 35.4 Å². The molecule has 0 amide bonds. The Kier molecular flexibility index (Phi) is 2.49. The van der Waals surface area contributed by atoms with Gasteiger partial charge >= 0.3 is 0 Å². The van der Waals surface area contributed by atoms with Gasteiger partial charge in [0.15, 0.2) is 5.17 Å². The van der Waals surface area contributed by atoms with Crippen molar-refractivity contribution in [2.75, 3.05) is 0 Å². The van der Waals surface area contributed by atoms with Crippen molar-refractivity contribution < 1.29 is 5.21 Å². The third kappa shape index (κ3) is 1.95. The van der Waals surface area contributed by atoms with Crippen LogP contribution in [0.25, 0.3) is 0 Å². The van der Waals surface area contributed by atoms with E-state index < -0.39 is 0 Å². The Balaban J connectivity index is 3.06. The van der Waals surface area contributed by atoms with Crippen molar-refractivity contribution in [2.45, 2.75) is 6.92 Å². The highest BCUT2D eigenvalue weighted by atomic mass is 35.5. The third-order valence-electron chi connectivity index (χ3n) is 1.34. The van der Waals surface area contributed by atoms with E-state index in [1.165, 1.54) is 0 Å². The van der Waals surface area contributed by atoms with Gasteiger partial charge in [0, 0.05) is 5.56 Å². The fraction of sp³-hybridized carbons (Fsp3) is 0.125. The molecule has 0 spiro atoms. The maximum Gasteiger partial charge on any atom is 0.175 e. The smallest absolute Gasteiger partial charge is 0.175 e. The maximum atomic E-state index is 8.34. The first kappa shape index (κ1) is 8.08. The number of halogens is 1. The minimum Gasteiger partial charge on any atom is -0.410 e. The van der Waals surface area contributed by atoms with E-state index in [4.69, 9.17) is 16.8 Å². The number of oxime groups is 1. The third-order valence-corrected chi connectivity index (χ3v) is 1.64. The first-order valence-corrected chi connectivity index (χ1v) is 3.56. The second-order valence-corrected chi connectivity index (χ2v) is 2.62. The van der Waals surface area contributed by atoms with Crippen LogP contribution in [0, 0.1) is 6.92 Å². The molecule has 0 aromatic heterocycles. The molecule has 0 saturated heterocycles. The summed E-state index contributed by atoms with van der Waals surface area (Å²) < 4.78 is 0. The monoisotopic (exact) mass is 169 g/mol. The van der Waals surface area contributed by atoms with Gasteiger partial charge in [-0.25, -0.2) is 0 Å². The van der Waals surface area contributed by atoms with Crippen LogP contribution < -0.4 is 0 Å². The highest BCUT2D eigenvalue weighted by Crippen LogP contribution is 2.07. The Labute approximate surface area is 70.1 Å². The number of benzene rings is 1. The van der Waals surface area contributed by atoms with Crippen LogP contribution in [0.1, 0.15) is 11.1 Å². The van der Waals surface area contributed by atoms with E-state index in [-0.39, 0.29) is 5.17 Å². The molecule has 11 heavy (non-hydrogen) atoms. The highest BCUT2D eigenvalue weighted by Gasteiger charge is 1.98. The molecule has 58 valence electrons. The summed E-state index contributed by atoms with van der Waals surface area (Å²) in [7, 11) is 0. The van der Waals surface area contributed by atoms with Gasteiger partial charge in [-0.05, 0) is 13.0 Å². The van der Waals surface area contributed by atoms with Crippen LogP contribution in [0.5, 0.6) is 0 Å². The fourth-order valence-electron chi connectivity index (χ4n) is 0.831. The Morgan fingerprint density at radius 2 is 2.27 bits per heavy atom. The molecule has 1 rings (SSSR count). The maximum absolute atomic E-state index is 8.34. The van der Waals surface area contributed by atoms with Gasteiger partial charge in [0.05, 0.1) is 0 Å². The van der Waals surface area contributed by atoms with E-state index in [1.807, 2.05) is 25.1 Å². The summed E-state index contributed by atoms with van der Waals surface area (Å²) in [6.45, 7) is 1.95. The molecule has 0 fully saturated rings. The molecule has 0 atom stereocenters. The fourth-order valence-corrected chi connectivity index (χ4v) is 0.949. The molecule has 1 aromatic carbocycles. The highest BCUT2D eigenvalue weighted by molar-refractivity contribution is 6.69. The topological polar surface area (TPSA) is 32.6 Å². The molecule has 0 radical (unpaired) electrons. The molecule has 0 bridgehead atoms. The van der Waals surface area contributed by atoms with Crippen LogP contribution in [0.15, 0.2) is 29.4 Å². The van der Waals surface area contributed by atoms with Gasteiger partial charge in [-0.2, -0.15) is 0 Å². The lowest BCUT2D eigenvalue weighted by atomic mass is 10.1. The Bertz CT molecular complexity index is 283. The van der Waals surface area contributed by atoms with E-state index >= 15 is 0 Å². The predicted octanol–water partition coefficient (Wildman–Crippen LogP) is 2.37. The second-order valence-electron chi connectivity index (χ2n) is 2.26. The van der Waals surface area contributed by atoms with Crippen molar-refractivity contribution >= 4 is 16.8 Å². The van der Waals surface area contributed by atoms with Gasteiger partial charge in [-0.15, -0.1) is 0 Å². The molecular formula is C8H8ClNO. The summed E-state index contributed by atoms with van der Waals surface area (Å²) in [5, 5.41) is 11.3. The van der Waals surface area contributed by atoms with Gasteiger partial charge in [0.1, 0.15) is 0 Å². The standard InChI is InChI=1S/C8H8ClNO/c1-6-3-2-4-7(5-6)8(9)10-11/h2-5,11H,1H3/b10-8+. The summed E-state index contributed by atoms with van der Waals surface area (Å²) in [6, 6.07) is 7.44. The van der Waals surface area contributed by atoms with E-state index in [0.29, 0.717) is 0 Å². The van der Waals surface area contributed by atoms with Crippen LogP contribution in [-0.2, 0) is 0 Å². The van der Waals surface area contributed by atoms with E-state index in [0.717, 1.165) is 11.1 Å².